The monoisotopic (exact) mass is 423 g/mol. The summed E-state index contributed by atoms with van der Waals surface area (Å²) in [7, 11) is 0. The molecule has 0 bridgehead atoms. The van der Waals surface area contributed by atoms with E-state index < -0.39 is 0 Å². The molecule has 84 valence electrons. The molecule has 1 nitrogen and oxygen atoms in total. The zero-order valence-electron chi connectivity index (χ0n) is 8.14. The molecule has 0 saturated carbocycles. The molecule has 5 heteroatoms. The van der Waals surface area contributed by atoms with Gasteiger partial charge in [-0.25, -0.2) is 0 Å². The molecule has 0 unspecified atom stereocenters. The van der Waals surface area contributed by atoms with Gasteiger partial charge in [-0.1, -0.05) is 15.9 Å². The average Bonchev–Trinajstić information content (AvgIpc) is 2.66. The van der Waals surface area contributed by atoms with Crippen molar-refractivity contribution in [2.75, 3.05) is 5.32 Å². The molecule has 0 saturated heterocycles. The Kier molecular flexibility index (Phi) is 4.47. The van der Waals surface area contributed by atoms with Crippen molar-refractivity contribution in [3.8, 4) is 0 Å². The van der Waals surface area contributed by atoms with Crippen LogP contribution in [0.25, 0.3) is 0 Å². The van der Waals surface area contributed by atoms with Crippen LogP contribution in [0.4, 0.5) is 5.69 Å². The molecule has 1 aromatic heterocycles. The Labute approximate surface area is 124 Å². The first-order valence-corrected chi connectivity index (χ1v) is 7.83. The Bertz CT molecular complexity index is 496. The second-order valence-electron chi connectivity index (χ2n) is 3.17. The quantitative estimate of drug-likeness (QED) is 0.670. The second kappa shape index (κ2) is 5.67. The first-order chi connectivity index (χ1) is 7.66. The Hall–Kier alpha value is 0.160. The van der Waals surface area contributed by atoms with Gasteiger partial charge in [0.1, 0.15) is 0 Å². The van der Waals surface area contributed by atoms with Crippen LogP contribution < -0.4 is 5.32 Å². The smallest absolute Gasteiger partial charge is 0.0505 e. The summed E-state index contributed by atoms with van der Waals surface area (Å²) in [5, 5.41) is 5.48. The maximum Gasteiger partial charge on any atom is 0.0505 e. The van der Waals surface area contributed by atoms with Crippen LogP contribution in [-0.4, -0.2) is 0 Å². The molecule has 2 aromatic rings. The largest absolute Gasteiger partial charge is 0.379 e. The first-order valence-electron chi connectivity index (χ1n) is 4.57. The molecule has 0 aliphatic rings. The van der Waals surface area contributed by atoms with Crippen LogP contribution in [0.5, 0.6) is 0 Å². The summed E-state index contributed by atoms with van der Waals surface area (Å²) in [6, 6.07) is 8.16. The van der Waals surface area contributed by atoms with E-state index in [0.717, 1.165) is 25.7 Å². The number of rotatable bonds is 3. The van der Waals surface area contributed by atoms with Gasteiger partial charge in [-0.3, -0.25) is 0 Å². The highest BCUT2D eigenvalue weighted by molar-refractivity contribution is 9.11. The van der Waals surface area contributed by atoms with Gasteiger partial charge in [0.05, 0.1) is 6.54 Å². The second-order valence-corrected chi connectivity index (χ2v) is 6.79. The van der Waals surface area contributed by atoms with Crippen LogP contribution in [0.3, 0.4) is 0 Å². The average molecular weight is 426 g/mol. The van der Waals surface area contributed by atoms with E-state index in [-0.39, 0.29) is 0 Å². The Morgan fingerprint density at radius 2 is 1.88 bits per heavy atom. The molecule has 0 aliphatic heterocycles. The van der Waals surface area contributed by atoms with Crippen molar-refractivity contribution in [3.05, 3.63) is 47.9 Å². The normalized spacial score (nSPS) is 10.4. The van der Waals surface area contributed by atoms with E-state index in [9.17, 15) is 0 Å². The molecule has 0 aliphatic carbocycles. The minimum absolute atomic E-state index is 0.827. The van der Waals surface area contributed by atoms with E-state index in [2.05, 4.69) is 70.6 Å². The van der Waals surface area contributed by atoms with Crippen LogP contribution in [0.2, 0.25) is 0 Å². The zero-order valence-corrected chi connectivity index (χ0v) is 13.7. The predicted molar refractivity (Wildman–Crippen MR) is 81.2 cm³/mol. The molecule has 2 rings (SSSR count). The molecule has 0 atom stereocenters. The summed E-state index contributed by atoms with van der Waals surface area (Å²) < 4.78 is 3.31. The van der Waals surface area contributed by atoms with Crippen LogP contribution in [-0.2, 0) is 6.54 Å². The lowest BCUT2D eigenvalue weighted by Crippen LogP contribution is -1.98. The summed E-state index contributed by atoms with van der Waals surface area (Å²) in [6.45, 7) is 0.827. The Balaban J connectivity index is 2.10. The summed E-state index contributed by atoms with van der Waals surface area (Å²) in [5.74, 6) is 0. The van der Waals surface area contributed by atoms with Crippen molar-refractivity contribution in [1.29, 1.82) is 0 Å². The van der Waals surface area contributed by atoms with E-state index in [4.69, 9.17) is 0 Å². The highest BCUT2D eigenvalue weighted by Gasteiger charge is 2.03. The lowest BCUT2D eigenvalue weighted by Gasteiger charge is -2.08. The molecular formula is C11H8Br3NS. The van der Waals surface area contributed by atoms with Crippen LogP contribution in [0.15, 0.2) is 43.1 Å². The number of anilines is 1. The van der Waals surface area contributed by atoms with Gasteiger partial charge in [-0.15, -0.1) is 11.3 Å². The van der Waals surface area contributed by atoms with Gasteiger partial charge in [0, 0.05) is 24.0 Å². The van der Waals surface area contributed by atoms with E-state index in [1.807, 2.05) is 12.1 Å². The molecule has 0 radical (unpaired) electrons. The van der Waals surface area contributed by atoms with Crippen molar-refractivity contribution < 1.29 is 0 Å². The predicted octanol–water partition coefficient (Wildman–Crippen LogP) is 5.65. The molecule has 0 amide bonds. The number of hydrogen-bond donors (Lipinski definition) is 1. The standard InChI is InChI=1S/C11H8Br3NS/c12-7-1-2-8(13)10(5-7)15-6-11-9(14)3-4-16-11/h1-5,15H,6H2. The summed E-state index contributed by atoms with van der Waals surface area (Å²) >= 11 is 12.2. The Morgan fingerprint density at radius 3 is 2.56 bits per heavy atom. The van der Waals surface area contributed by atoms with Gasteiger partial charge in [0.2, 0.25) is 0 Å². The van der Waals surface area contributed by atoms with Gasteiger partial charge >= 0.3 is 0 Å². The zero-order chi connectivity index (χ0) is 11.5. The van der Waals surface area contributed by atoms with Crippen molar-refractivity contribution in [2.24, 2.45) is 0 Å². The minimum Gasteiger partial charge on any atom is -0.379 e. The molecule has 1 aromatic carbocycles. The van der Waals surface area contributed by atoms with Gasteiger partial charge in [0.15, 0.2) is 0 Å². The van der Waals surface area contributed by atoms with E-state index in [0.29, 0.717) is 0 Å². The third kappa shape index (κ3) is 3.09. The Morgan fingerprint density at radius 1 is 1.06 bits per heavy atom. The third-order valence-corrected chi connectivity index (χ3v) is 5.17. The highest BCUT2D eigenvalue weighted by Crippen LogP contribution is 2.28. The lowest BCUT2D eigenvalue weighted by molar-refractivity contribution is 1.18. The fourth-order valence-corrected chi connectivity index (χ4v) is 3.44. The SMILES string of the molecule is Brc1ccc(Br)c(NCc2sccc2Br)c1. The van der Waals surface area contributed by atoms with E-state index in [1.165, 1.54) is 4.88 Å². The first kappa shape index (κ1) is 12.6. The third-order valence-electron chi connectivity index (χ3n) is 2.06. The van der Waals surface area contributed by atoms with E-state index in [1.54, 1.807) is 11.3 Å². The van der Waals surface area contributed by atoms with Crippen LogP contribution >= 0.6 is 59.1 Å². The van der Waals surface area contributed by atoms with Gasteiger partial charge < -0.3 is 5.32 Å². The number of thiophene rings is 1. The van der Waals surface area contributed by atoms with Crippen LogP contribution in [0.1, 0.15) is 4.88 Å². The molecule has 1 heterocycles. The van der Waals surface area contributed by atoms with Gasteiger partial charge in [-0.2, -0.15) is 0 Å². The maximum absolute atomic E-state index is 3.52. The molecule has 0 spiro atoms. The van der Waals surface area contributed by atoms with Crippen molar-refractivity contribution >= 4 is 64.8 Å². The lowest BCUT2D eigenvalue weighted by atomic mass is 10.3. The van der Waals surface area contributed by atoms with Crippen molar-refractivity contribution in [2.45, 2.75) is 6.54 Å². The van der Waals surface area contributed by atoms with E-state index >= 15 is 0 Å². The van der Waals surface area contributed by atoms with Gasteiger partial charge in [-0.05, 0) is 61.5 Å². The topological polar surface area (TPSA) is 12.0 Å². The van der Waals surface area contributed by atoms with Crippen LogP contribution in [0, 0.1) is 0 Å². The summed E-state index contributed by atoms with van der Waals surface area (Å²) in [4.78, 5) is 1.30. The highest BCUT2D eigenvalue weighted by atomic mass is 79.9. The summed E-state index contributed by atoms with van der Waals surface area (Å²) in [5.41, 5.74) is 1.09. The minimum atomic E-state index is 0.827. The number of halogens is 3. The fourth-order valence-electron chi connectivity index (χ4n) is 1.26. The van der Waals surface area contributed by atoms with Gasteiger partial charge in [0.25, 0.3) is 0 Å². The number of hydrogen-bond acceptors (Lipinski definition) is 2. The number of nitrogens with one attached hydrogen (secondary N) is 1. The maximum atomic E-state index is 3.52. The number of benzene rings is 1. The molecule has 1 N–H and O–H groups in total. The molecular weight excluding hydrogens is 418 g/mol. The summed E-state index contributed by atoms with van der Waals surface area (Å²) in [6.07, 6.45) is 0. The fraction of sp³-hybridized carbons (Fsp3) is 0.0909. The van der Waals surface area contributed by atoms with Crippen molar-refractivity contribution in [3.63, 3.8) is 0 Å². The van der Waals surface area contributed by atoms with Crippen molar-refractivity contribution in [1.82, 2.24) is 0 Å². The molecule has 16 heavy (non-hydrogen) atoms. The molecule has 0 fully saturated rings.